The molecule has 0 unspecified atom stereocenters. The minimum Gasteiger partial charge on any atom is -0.361 e. The minimum absolute atomic E-state index is 0.0763. The monoisotopic (exact) mass is 346 g/mol. The van der Waals surface area contributed by atoms with Gasteiger partial charge in [-0.1, -0.05) is 0 Å². The number of rotatable bonds is 3. The molecule has 24 heavy (non-hydrogen) atoms. The highest BCUT2D eigenvalue weighted by Crippen LogP contribution is 2.37. The minimum atomic E-state index is -0.156. The number of nitrogens with one attached hydrogen (secondary N) is 1. The maximum absolute atomic E-state index is 12.7. The fourth-order valence-electron chi connectivity index (χ4n) is 3.00. The predicted molar refractivity (Wildman–Crippen MR) is 95.7 cm³/mol. The molecule has 0 saturated carbocycles. The molecule has 0 aromatic carbocycles. The van der Waals surface area contributed by atoms with Crippen molar-refractivity contribution in [2.75, 3.05) is 31.4 Å². The van der Waals surface area contributed by atoms with Crippen LogP contribution in [0.3, 0.4) is 0 Å². The first-order chi connectivity index (χ1) is 11.5. The molecule has 2 aromatic rings. The van der Waals surface area contributed by atoms with E-state index >= 15 is 0 Å². The van der Waals surface area contributed by atoms with Crippen LogP contribution in [0, 0.1) is 6.92 Å². The molecule has 0 bridgehead atoms. The number of anilines is 2. The van der Waals surface area contributed by atoms with Gasteiger partial charge in [-0.25, -0.2) is 19.7 Å². The zero-order chi connectivity index (χ0) is 17.3. The molecule has 3 rings (SSSR count). The highest BCUT2D eigenvalue weighted by atomic mass is 32.1. The molecule has 2 aromatic heterocycles. The Morgan fingerprint density at radius 2 is 2.17 bits per heavy atom. The van der Waals surface area contributed by atoms with E-state index in [9.17, 15) is 4.79 Å². The van der Waals surface area contributed by atoms with E-state index in [0.29, 0.717) is 11.5 Å². The summed E-state index contributed by atoms with van der Waals surface area (Å²) in [7, 11) is 5.60. The summed E-state index contributed by atoms with van der Waals surface area (Å²) in [5.74, 6) is 0.685. The lowest BCUT2D eigenvalue weighted by molar-refractivity contribution is 0.198. The fourth-order valence-corrected chi connectivity index (χ4v) is 4.15. The van der Waals surface area contributed by atoms with Gasteiger partial charge in [-0.3, -0.25) is 0 Å². The SMILES string of the molecule is Cc1nc2c(s1)[C@H](N(C)C(=O)Nc1cncnc1N(C)C)CCC2. The molecule has 0 fully saturated rings. The van der Waals surface area contributed by atoms with Crippen LogP contribution in [0.5, 0.6) is 0 Å². The Labute approximate surface area is 145 Å². The van der Waals surface area contributed by atoms with Crippen LogP contribution in [0.4, 0.5) is 16.3 Å². The Hall–Kier alpha value is -2.22. The average Bonchev–Trinajstić information content (AvgIpc) is 2.94. The van der Waals surface area contributed by atoms with Gasteiger partial charge in [0.2, 0.25) is 0 Å². The molecule has 1 N–H and O–H groups in total. The number of amides is 2. The lowest BCUT2D eigenvalue weighted by atomic mass is 9.97. The van der Waals surface area contributed by atoms with E-state index in [1.165, 1.54) is 11.2 Å². The van der Waals surface area contributed by atoms with Gasteiger partial charge in [0, 0.05) is 21.1 Å². The van der Waals surface area contributed by atoms with Gasteiger partial charge in [-0.05, 0) is 26.2 Å². The molecule has 2 heterocycles. The van der Waals surface area contributed by atoms with Gasteiger partial charge < -0.3 is 15.1 Å². The van der Waals surface area contributed by atoms with Gasteiger partial charge in [0.05, 0.1) is 27.8 Å². The molecule has 1 aliphatic carbocycles. The maximum atomic E-state index is 12.7. The predicted octanol–water partition coefficient (Wildman–Crippen LogP) is 2.85. The van der Waals surface area contributed by atoms with Crippen LogP contribution in [0.1, 0.15) is 34.5 Å². The fraction of sp³-hybridized carbons (Fsp3) is 0.500. The quantitative estimate of drug-likeness (QED) is 0.925. The van der Waals surface area contributed by atoms with Gasteiger partial charge in [0.15, 0.2) is 5.82 Å². The number of aromatic nitrogens is 3. The number of thiazole rings is 1. The zero-order valence-electron chi connectivity index (χ0n) is 14.4. The summed E-state index contributed by atoms with van der Waals surface area (Å²) in [5.41, 5.74) is 1.75. The summed E-state index contributed by atoms with van der Waals surface area (Å²) < 4.78 is 0. The largest absolute Gasteiger partial charge is 0.361 e. The van der Waals surface area contributed by atoms with E-state index in [1.807, 2.05) is 33.0 Å². The number of aryl methyl sites for hydroxylation is 2. The van der Waals surface area contributed by atoms with Crippen LogP contribution in [0.25, 0.3) is 0 Å². The van der Waals surface area contributed by atoms with Gasteiger partial charge in [0.1, 0.15) is 12.0 Å². The molecule has 8 heteroatoms. The van der Waals surface area contributed by atoms with Crippen LogP contribution in [0.2, 0.25) is 0 Å². The summed E-state index contributed by atoms with van der Waals surface area (Å²) >= 11 is 1.69. The highest BCUT2D eigenvalue weighted by molar-refractivity contribution is 7.11. The van der Waals surface area contributed by atoms with Crippen molar-refractivity contribution < 1.29 is 4.79 Å². The smallest absolute Gasteiger partial charge is 0.322 e. The van der Waals surface area contributed by atoms with E-state index in [-0.39, 0.29) is 12.1 Å². The molecule has 0 radical (unpaired) electrons. The first kappa shape index (κ1) is 16.6. The van der Waals surface area contributed by atoms with Crippen LogP contribution >= 0.6 is 11.3 Å². The second kappa shape index (κ2) is 6.72. The van der Waals surface area contributed by atoms with Crippen molar-refractivity contribution in [1.82, 2.24) is 19.9 Å². The number of fused-ring (bicyclic) bond motifs is 1. The van der Waals surface area contributed by atoms with Crippen LogP contribution in [0.15, 0.2) is 12.5 Å². The topological polar surface area (TPSA) is 74.2 Å². The summed E-state index contributed by atoms with van der Waals surface area (Å²) in [6.07, 6.45) is 6.11. The number of carbonyl (C=O) groups excluding carboxylic acids is 1. The lowest BCUT2D eigenvalue weighted by Crippen LogP contribution is -2.36. The zero-order valence-corrected chi connectivity index (χ0v) is 15.2. The molecule has 0 aliphatic heterocycles. The van der Waals surface area contributed by atoms with Gasteiger partial charge >= 0.3 is 6.03 Å². The first-order valence-corrected chi connectivity index (χ1v) is 8.76. The van der Waals surface area contributed by atoms with Crippen LogP contribution < -0.4 is 10.2 Å². The summed E-state index contributed by atoms with van der Waals surface area (Å²) in [5, 5.41) is 3.99. The summed E-state index contributed by atoms with van der Waals surface area (Å²) in [6.45, 7) is 2.02. The first-order valence-electron chi connectivity index (χ1n) is 7.94. The van der Waals surface area contributed by atoms with Gasteiger partial charge in [-0.2, -0.15) is 0 Å². The Morgan fingerprint density at radius 1 is 1.38 bits per heavy atom. The second-order valence-electron chi connectivity index (χ2n) is 6.15. The Kier molecular flexibility index (Phi) is 4.66. The molecule has 128 valence electrons. The number of urea groups is 1. The van der Waals surface area contributed by atoms with Crippen molar-refractivity contribution in [2.45, 2.75) is 32.2 Å². The van der Waals surface area contributed by atoms with E-state index in [0.717, 1.165) is 30.0 Å². The Bertz CT molecular complexity index is 744. The lowest BCUT2D eigenvalue weighted by Gasteiger charge is -2.31. The molecule has 0 spiro atoms. The third kappa shape index (κ3) is 3.19. The van der Waals surface area contributed by atoms with E-state index < -0.39 is 0 Å². The summed E-state index contributed by atoms with van der Waals surface area (Å²) in [6, 6.07) is -0.0795. The van der Waals surface area contributed by atoms with E-state index in [1.54, 1.807) is 22.4 Å². The molecule has 1 aliphatic rings. The number of hydrogen-bond acceptors (Lipinski definition) is 6. The second-order valence-corrected chi connectivity index (χ2v) is 7.38. The number of hydrogen-bond donors (Lipinski definition) is 1. The molecule has 1 atom stereocenters. The van der Waals surface area contributed by atoms with Crippen molar-refractivity contribution in [1.29, 1.82) is 0 Å². The van der Waals surface area contributed by atoms with E-state index in [2.05, 4.69) is 20.3 Å². The Morgan fingerprint density at radius 3 is 2.92 bits per heavy atom. The molecule has 0 saturated heterocycles. The van der Waals surface area contributed by atoms with Crippen molar-refractivity contribution in [2.24, 2.45) is 0 Å². The van der Waals surface area contributed by atoms with Crippen LogP contribution in [-0.2, 0) is 6.42 Å². The molecule has 2 amide bonds. The molecular weight excluding hydrogens is 324 g/mol. The average molecular weight is 346 g/mol. The maximum Gasteiger partial charge on any atom is 0.322 e. The summed E-state index contributed by atoms with van der Waals surface area (Å²) in [4.78, 5) is 30.4. The van der Waals surface area contributed by atoms with E-state index in [4.69, 9.17) is 0 Å². The van der Waals surface area contributed by atoms with Gasteiger partial charge in [-0.15, -0.1) is 11.3 Å². The van der Waals surface area contributed by atoms with Crippen molar-refractivity contribution in [3.63, 3.8) is 0 Å². The molecular formula is C16H22N6OS. The number of nitrogens with zero attached hydrogens (tertiary/aromatic N) is 5. The standard InChI is InChI=1S/C16H22N6OS/c1-10-19-11-6-5-7-13(14(11)24-10)22(4)16(23)20-12-8-17-9-18-15(12)21(2)3/h8-9,13H,5-7H2,1-4H3,(H,20,23)/t13-/m1/s1. The number of carbonyl (C=O) groups is 1. The van der Waals surface area contributed by atoms with Crippen molar-refractivity contribution >= 4 is 28.9 Å². The molecule has 7 nitrogen and oxygen atoms in total. The third-order valence-corrected chi connectivity index (χ3v) is 5.29. The van der Waals surface area contributed by atoms with Crippen LogP contribution in [-0.4, -0.2) is 47.0 Å². The van der Waals surface area contributed by atoms with Crippen molar-refractivity contribution in [3.05, 3.63) is 28.1 Å². The normalized spacial score (nSPS) is 16.4. The third-order valence-electron chi connectivity index (χ3n) is 4.17. The Balaban J connectivity index is 1.79. The van der Waals surface area contributed by atoms with Crippen molar-refractivity contribution in [3.8, 4) is 0 Å². The van der Waals surface area contributed by atoms with Gasteiger partial charge in [0.25, 0.3) is 0 Å². The highest BCUT2D eigenvalue weighted by Gasteiger charge is 2.30.